The Morgan fingerprint density at radius 1 is 1.35 bits per heavy atom. The SMILES string of the molecule is Cc1ccc(O[C@H]2CCN(C(=O)OC(C)(C)C)C2)nn1. The maximum atomic E-state index is 11.9. The third-order valence-corrected chi connectivity index (χ3v) is 2.86. The van der Waals surface area contributed by atoms with E-state index in [0.29, 0.717) is 19.0 Å². The standard InChI is InChI=1S/C14H21N3O3/c1-10-5-6-12(16-15-10)19-11-7-8-17(9-11)13(18)20-14(2,3)4/h5-6,11H,7-9H2,1-4H3/t11-/m0/s1. The van der Waals surface area contributed by atoms with E-state index in [1.165, 1.54) is 0 Å². The number of ether oxygens (including phenoxy) is 2. The van der Waals surface area contributed by atoms with Crippen molar-refractivity contribution in [3.8, 4) is 5.88 Å². The summed E-state index contributed by atoms with van der Waals surface area (Å²) in [6, 6.07) is 3.64. The number of aryl methyl sites for hydroxylation is 1. The first kappa shape index (κ1) is 14.6. The van der Waals surface area contributed by atoms with E-state index >= 15 is 0 Å². The number of carbonyl (C=O) groups is 1. The molecule has 110 valence electrons. The fraction of sp³-hybridized carbons (Fsp3) is 0.643. The lowest BCUT2D eigenvalue weighted by Gasteiger charge is -2.24. The lowest BCUT2D eigenvalue weighted by atomic mass is 10.2. The number of carbonyl (C=O) groups excluding carboxylic acids is 1. The van der Waals surface area contributed by atoms with Crippen molar-refractivity contribution in [2.45, 2.75) is 45.8 Å². The van der Waals surface area contributed by atoms with E-state index in [1.54, 1.807) is 11.0 Å². The first-order valence-corrected chi connectivity index (χ1v) is 6.78. The van der Waals surface area contributed by atoms with E-state index in [2.05, 4.69) is 10.2 Å². The third kappa shape index (κ3) is 4.08. The summed E-state index contributed by atoms with van der Waals surface area (Å²) >= 11 is 0. The van der Waals surface area contributed by atoms with Gasteiger partial charge in [0.15, 0.2) is 0 Å². The molecule has 1 atom stereocenters. The van der Waals surface area contributed by atoms with Crippen LogP contribution in [0, 0.1) is 6.92 Å². The molecule has 0 spiro atoms. The van der Waals surface area contributed by atoms with Gasteiger partial charge in [0.25, 0.3) is 0 Å². The second kappa shape index (κ2) is 5.64. The number of likely N-dealkylation sites (tertiary alicyclic amines) is 1. The van der Waals surface area contributed by atoms with Gasteiger partial charge in [0.1, 0.15) is 11.7 Å². The van der Waals surface area contributed by atoms with Crippen LogP contribution in [0.2, 0.25) is 0 Å². The highest BCUT2D eigenvalue weighted by molar-refractivity contribution is 5.68. The molecule has 0 aromatic carbocycles. The van der Waals surface area contributed by atoms with Crippen LogP contribution in [0.25, 0.3) is 0 Å². The molecule has 1 aromatic heterocycles. The van der Waals surface area contributed by atoms with Crippen LogP contribution in [0.15, 0.2) is 12.1 Å². The zero-order valence-electron chi connectivity index (χ0n) is 12.4. The first-order valence-electron chi connectivity index (χ1n) is 6.78. The Kier molecular flexibility index (Phi) is 4.11. The predicted molar refractivity (Wildman–Crippen MR) is 73.6 cm³/mol. The van der Waals surface area contributed by atoms with Crippen LogP contribution in [-0.2, 0) is 4.74 Å². The van der Waals surface area contributed by atoms with E-state index in [-0.39, 0.29) is 12.2 Å². The average molecular weight is 279 g/mol. The highest BCUT2D eigenvalue weighted by Crippen LogP contribution is 2.18. The highest BCUT2D eigenvalue weighted by atomic mass is 16.6. The van der Waals surface area contributed by atoms with Crippen molar-refractivity contribution in [1.29, 1.82) is 0 Å². The van der Waals surface area contributed by atoms with Gasteiger partial charge in [-0.25, -0.2) is 4.79 Å². The molecule has 0 bridgehead atoms. The van der Waals surface area contributed by atoms with Crippen LogP contribution in [0.5, 0.6) is 5.88 Å². The molecule has 0 aliphatic carbocycles. The minimum Gasteiger partial charge on any atom is -0.471 e. The highest BCUT2D eigenvalue weighted by Gasteiger charge is 2.31. The Morgan fingerprint density at radius 3 is 2.70 bits per heavy atom. The van der Waals surface area contributed by atoms with Crippen molar-refractivity contribution in [2.75, 3.05) is 13.1 Å². The van der Waals surface area contributed by atoms with Crippen molar-refractivity contribution >= 4 is 6.09 Å². The number of hydrogen-bond donors (Lipinski definition) is 0. The van der Waals surface area contributed by atoms with Crippen LogP contribution in [0.3, 0.4) is 0 Å². The molecule has 1 amide bonds. The van der Waals surface area contributed by atoms with E-state index in [0.717, 1.165) is 12.1 Å². The van der Waals surface area contributed by atoms with E-state index < -0.39 is 5.60 Å². The van der Waals surface area contributed by atoms with Crippen molar-refractivity contribution in [2.24, 2.45) is 0 Å². The van der Waals surface area contributed by atoms with Crippen molar-refractivity contribution < 1.29 is 14.3 Å². The molecule has 0 N–H and O–H groups in total. The van der Waals surface area contributed by atoms with Crippen molar-refractivity contribution in [1.82, 2.24) is 15.1 Å². The molecule has 0 unspecified atom stereocenters. The second-order valence-electron chi connectivity index (χ2n) is 5.97. The Balaban J connectivity index is 1.86. The number of hydrogen-bond acceptors (Lipinski definition) is 5. The van der Waals surface area contributed by atoms with Gasteiger partial charge in [-0.05, 0) is 33.8 Å². The van der Waals surface area contributed by atoms with Crippen LogP contribution in [0.4, 0.5) is 4.79 Å². The van der Waals surface area contributed by atoms with Crippen LogP contribution >= 0.6 is 0 Å². The largest absolute Gasteiger partial charge is 0.471 e. The lowest BCUT2D eigenvalue weighted by Crippen LogP contribution is -2.36. The van der Waals surface area contributed by atoms with E-state index in [1.807, 2.05) is 33.8 Å². The summed E-state index contributed by atoms with van der Waals surface area (Å²) in [5, 5.41) is 7.91. The normalized spacial score (nSPS) is 19.0. The molecule has 2 rings (SSSR count). The number of rotatable bonds is 2. The van der Waals surface area contributed by atoms with Gasteiger partial charge in [-0.15, -0.1) is 5.10 Å². The summed E-state index contributed by atoms with van der Waals surface area (Å²) in [5.74, 6) is 0.492. The van der Waals surface area contributed by atoms with Gasteiger partial charge < -0.3 is 14.4 Å². The van der Waals surface area contributed by atoms with E-state index in [4.69, 9.17) is 9.47 Å². The van der Waals surface area contributed by atoms with Gasteiger partial charge in [0.2, 0.25) is 5.88 Å². The Bertz CT molecular complexity index is 468. The van der Waals surface area contributed by atoms with Gasteiger partial charge >= 0.3 is 6.09 Å². The molecule has 2 heterocycles. The maximum absolute atomic E-state index is 11.9. The van der Waals surface area contributed by atoms with E-state index in [9.17, 15) is 4.79 Å². The van der Waals surface area contributed by atoms with Crippen LogP contribution in [-0.4, -0.2) is 46.0 Å². The molecular formula is C14H21N3O3. The van der Waals surface area contributed by atoms with Crippen LogP contribution in [0.1, 0.15) is 32.9 Å². The quantitative estimate of drug-likeness (QED) is 0.830. The number of amides is 1. The molecule has 0 saturated carbocycles. The van der Waals surface area contributed by atoms with Crippen molar-refractivity contribution in [3.63, 3.8) is 0 Å². The van der Waals surface area contributed by atoms with Gasteiger partial charge in [0.05, 0.1) is 12.2 Å². The van der Waals surface area contributed by atoms with Crippen molar-refractivity contribution in [3.05, 3.63) is 17.8 Å². The smallest absolute Gasteiger partial charge is 0.410 e. The minimum atomic E-state index is -0.474. The predicted octanol–water partition coefficient (Wildman–Crippen LogP) is 2.17. The summed E-state index contributed by atoms with van der Waals surface area (Å²) in [6.07, 6.45) is 0.424. The summed E-state index contributed by atoms with van der Waals surface area (Å²) in [6.45, 7) is 8.60. The summed E-state index contributed by atoms with van der Waals surface area (Å²) < 4.78 is 11.1. The summed E-state index contributed by atoms with van der Waals surface area (Å²) in [5.41, 5.74) is 0.373. The fourth-order valence-corrected chi connectivity index (χ4v) is 1.94. The summed E-state index contributed by atoms with van der Waals surface area (Å²) in [4.78, 5) is 13.6. The average Bonchev–Trinajstić information content (AvgIpc) is 2.79. The molecule has 1 aromatic rings. The number of nitrogens with zero attached hydrogens (tertiary/aromatic N) is 3. The molecule has 1 fully saturated rings. The Hall–Kier alpha value is -1.85. The zero-order chi connectivity index (χ0) is 14.8. The molecule has 1 saturated heterocycles. The Labute approximate surface area is 119 Å². The molecule has 0 radical (unpaired) electrons. The fourth-order valence-electron chi connectivity index (χ4n) is 1.94. The maximum Gasteiger partial charge on any atom is 0.410 e. The summed E-state index contributed by atoms with van der Waals surface area (Å²) in [7, 11) is 0. The van der Waals surface area contributed by atoms with Gasteiger partial charge in [-0.2, -0.15) is 5.10 Å². The minimum absolute atomic E-state index is 0.0560. The van der Waals surface area contributed by atoms with Gasteiger partial charge in [-0.3, -0.25) is 0 Å². The van der Waals surface area contributed by atoms with Gasteiger partial charge in [0, 0.05) is 19.0 Å². The molecule has 6 nitrogen and oxygen atoms in total. The molecule has 6 heteroatoms. The molecule has 1 aliphatic heterocycles. The first-order chi connectivity index (χ1) is 9.33. The molecule has 20 heavy (non-hydrogen) atoms. The second-order valence-corrected chi connectivity index (χ2v) is 5.97. The monoisotopic (exact) mass is 279 g/mol. The molecule has 1 aliphatic rings. The van der Waals surface area contributed by atoms with Gasteiger partial charge in [-0.1, -0.05) is 0 Å². The lowest BCUT2D eigenvalue weighted by molar-refractivity contribution is 0.0274. The van der Waals surface area contributed by atoms with Crippen LogP contribution < -0.4 is 4.74 Å². The topological polar surface area (TPSA) is 64.5 Å². The Morgan fingerprint density at radius 2 is 2.10 bits per heavy atom. The number of aromatic nitrogens is 2. The molecular weight excluding hydrogens is 258 g/mol. The third-order valence-electron chi connectivity index (χ3n) is 2.86. The zero-order valence-corrected chi connectivity index (χ0v) is 12.4.